The molecule has 5 nitrogen and oxygen atoms in total. The molecule has 0 saturated carbocycles. The van der Waals surface area contributed by atoms with E-state index >= 15 is 0 Å². The van der Waals surface area contributed by atoms with Crippen LogP contribution in [0.15, 0.2) is 52.0 Å². The van der Waals surface area contributed by atoms with Crippen molar-refractivity contribution in [2.45, 2.75) is 31.0 Å². The van der Waals surface area contributed by atoms with Crippen molar-refractivity contribution in [2.24, 2.45) is 5.10 Å². The van der Waals surface area contributed by atoms with E-state index in [2.05, 4.69) is 57.2 Å². The molecule has 0 radical (unpaired) electrons. The van der Waals surface area contributed by atoms with Crippen molar-refractivity contribution in [3.63, 3.8) is 0 Å². The normalized spacial score (nSPS) is 23.0. The van der Waals surface area contributed by atoms with Crippen LogP contribution in [0.3, 0.4) is 0 Å². The third-order valence-electron chi connectivity index (χ3n) is 6.14. The summed E-state index contributed by atoms with van der Waals surface area (Å²) in [5.41, 5.74) is 2.96. The van der Waals surface area contributed by atoms with Gasteiger partial charge in [-0.2, -0.15) is 5.10 Å². The number of likely N-dealkylation sites (tertiary alicyclic amines) is 1. The Morgan fingerprint density at radius 2 is 1.96 bits per heavy atom. The zero-order valence-electron chi connectivity index (χ0n) is 16.2. The number of para-hydroxylation sites is 1. The number of hydrazone groups is 1. The van der Waals surface area contributed by atoms with Crippen LogP contribution in [0.25, 0.3) is 0 Å². The van der Waals surface area contributed by atoms with E-state index in [0.717, 1.165) is 59.6 Å². The van der Waals surface area contributed by atoms with E-state index in [1.807, 2.05) is 18.2 Å². The number of piperidine rings is 1. The van der Waals surface area contributed by atoms with Crippen LogP contribution in [0.1, 0.15) is 36.4 Å². The third kappa shape index (κ3) is 2.81. The number of hydrogen-bond acceptors (Lipinski definition) is 5. The number of rotatable bonds is 2. The van der Waals surface area contributed by atoms with Gasteiger partial charge in [0.1, 0.15) is 11.5 Å². The Morgan fingerprint density at radius 3 is 2.75 bits per heavy atom. The Labute approximate surface area is 174 Å². The lowest BCUT2D eigenvalue weighted by Crippen LogP contribution is -2.58. The smallest absolute Gasteiger partial charge is 0.200 e. The van der Waals surface area contributed by atoms with Crippen LogP contribution in [0, 0.1) is 0 Å². The number of fused-ring (bicyclic) bond motifs is 4. The Bertz CT molecular complexity index is 937. The van der Waals surface area contributed by atoms with Gasteiger partial charge in [-0.3, -0.25) is 0 Å². The average molecular weight is 442 g/mol. The SMILES string of the molecule is COc1ccccc1C1=NN2[C@H](C1)c1cc(Br)ccc1OC21CCN(C)CC1. The van der Waals surface area contributed by atoms with Gasteiger partial charge in [-0.1, -0.05) is 28.1 Å². The molecule has 2 aromatic rings. The van der Waals surface area contributed by atoms with Gasteiger partial charge in [-0.25, -0.2) is 5.01 Å². The number of benzene rings is 2. The van der Waals surface area contributed by atoms with Crippen molar-refractivity contribution in [1.29, 1.82) is 0 Å². The van der Waals surface area contributed by atoms with Gasteiger partial charge < -0.3 is 14.4 Å². The number of hydrogen-bond donors (Lipinski definition) is 0. The first-order chi connectivity index (χ1) is 13.6. The van der Waals surface area contributed by atoms with Crippen LogP contribution in [0.4, 0.5) is 0 Å². The van der Waals surface area contributed by atoms with Crippen LogP contribution in [0.2, 0.25) is 0 Å². The maximum absolute atomic E-state index is 6.66. The molecular formula is C22H24BrN3O2. The van der Waals surface area contributed by atoms with Gasteiger partial charge in [0.25, 0.3) is 0 Å². The summed E-state index contributed by atoms with van der Waals surface area (Å²) in [6, 6.07) is 14.7. The maximum atomic E-state index is 6.66. The van der Waals surface area contributed by atoms with Crippen LogP contribution in [0.5, 0.6) is 11.5 Å². The molecule has 3 aliphatic rings. The fraction of sp³-hybridized carbons (Fsp3) is 0.409. The fourth-order valence-electron chi connectivity index (χ4n) is 4.60. The van der Waals surface area contributed by atoms with Gasteiger partial charge in [-0.15, -0.1) is 0 Å². The lowest BCUT2D eigenvalue weighted by molar-refractivity contribution is -0.147. The largest absolute Gasteiger partial charge is 0.496 e. The average Bonchev–Trinajstić information content (AvgIpc) is 3.17. The first-order valence-corrected chi connectivity index (χ1v) is 10.6. The third-order valence-corrected chi connectivity index (χ3v) is 6.64. The molecule has 2 aromatic carbocycles. The van der Waals surface area contributed by atoms with E-state index in [4.69, 9.17) is 14.6 Å². The number of ether oxygens (including phenoxy) is 2. The number of nitrogens with zero attached hydrogens (tertiary/aromatic N) is 3. The summed E-state index contributed by atoms with van der Waals surface area (Å²) < 4.78 is 13.3. The van der Waals surface area contributed by atoms with E-state index in [1.165, 1.54) is 5.56 Å². The van der Waals surface area contributed by atoms with E-state index in [1.54, 1.807) is 7.11 Å². The monoisotopic (exact) mass is 441 g/mol. The van der Waals surface area contributed by atoms with Crippen molar-refractivity contribution >= 4 is 21.6 Å². The molecule has 5 rings (SSSR count). The second-order valence-corrected chi connectivity index (χ2v) is 8.76. The van der Waals surface area contributed by atoms with Gasteiger partial charge in [0, 0.05) is 48.0 Å². The van der Waals surface area contributed by atoms with E-state index in [-0.39, 0.29) is 11.8 Å². The van der Waals surface area contributed by atoms with Crippen LogP contribution in [-0.2, 0) is 0 Å². The predicted octanol–water partition coefficient (Wildman–Crippen LogP) is 4.42. The van der Waals surface area contributed by atoms with Gasteiger partial charge in [-0.05, 0) is 37.4 Å². The van der Waals surface area contributed by atoms with E-state index < -0.39 is 0 Å². The molecule has 0 aliphatic carbocycles. The number of halogens is 1. The van der Waals surface area contributed by atoms with Gasteiger partial charge in [0.2, 0.25) is 5.72 Å². The molecule has 3 heterocycles. The zero-order chi connectivity index (χ0) is 19.3. The molecule has 146 valence electrons. The second-order valence-electron chi connectivity index (χ2n) is 7.85. The quantitative estimate of drug-likeness (QED) is 0.690. The second kappa shape index (κ2) is 6.78. The highest BCUT2D eigenvalue weighted by Crippen LogP contribution is 2.50. The Hall–Kier alpha value is -2.05. The van der Waals surface area contributed by atoms with Crippen LogP contribution >= 0.6 is 15.9 Å². The molecule has 1 spiro atoms. The Balaban J connectivity index is 1.60. The number of methoxy groups -OCH3 is 1. The molecule has 1 atom stereocenters. The molecule has 0 aromatic heterocycles. The summed E-state index contributed by atoms with van der Waals surface area (Å²) >= 11 is 3.63. The summed E-state index contributed by atoms with van der Waals surface area (Å²) in [4.78, 5) is 2.36. The molecule has 0 unspecified atom stereocenters. The molecule has 0 amide bonds. The van der Waals surface area contributed by atoms with Crippen LogP contribution in [-0.4, -0.2) is 48.6 Å². The molecule has 0 bridgehead atoms. The van der Waals surface area contributed by atoms with E-state index in [0.29, 0.717) is 0 Å². The van der Waals surface area contributed by atoms with E-state index in [9.17, 15) is 0 Å². The molecule has 0 N–H and O–H groups in total. The lowest BCUT2D eigenvalue weighted by atomic mass is 9.91. The Morgan fingerprint density at radius 1 is 1.18 bits per heavy atom. The van der Waals surface area contributed by atoms with Crippen molar-refractivity contribution < 1.29 is 9.47 Å². The predicted molar refractivity (Wildman–Crippen MR) is 113 cm³/mol. The topological polar surface area (TPSA) is 37.3 Å². The fourth-order valence-corrected chi connectivity index (χ4v) is 4.98. The standard InChI is InChI=1S/C22H24BrN3O2/c1-25-11-9-22(10-12-25)26-19(17-13-15(23)7-8-21(17)28-22)14-18(24-26)16-5-3-4-6-20(16)27-2/h3-8,13,19H,9-12,14H2,1-2H3/t19-/m1/s1. The van der Waals surface area contributed by atoms with Gasteiger partial charge in [0.05, 0.1) is 18.9 Å². The molecule has 3 aliphatic heterocycles. The van der Waals surface area contributed by atoms with Crippen molar-refractivity contribution in [1.82, 2.24) is 9.91 Å². The van der Waals surface area contributed by atoms with Gasteiger partial charge in [0.15, 0.2) is 0 Å². The molecule has 6 heteroatoms. The van der Waals surface area contributed by atoms with Gasteiger partial charge >= 0.3 is 0 Å². The minimum Gasteiger partial charge on any atom is -0.496 e. The highest BCUT2D eigenvalue weighted by atomic mass is 79.9. The summed E-state index contributed by atoms with van der Waals surface area (Å²) in [6.45, 7) is 2.02. The van der Waals surface area contributed by atoms with Crippen LogP contribution < -0.4 is 9.47 Å². The summed E-state index contributed by atoms with van der Waals surface area (Å²) in [5, 5.41) is 7.38. The Kier molecular flexibility index (Phi) is 4.36. The molecule has 28 heavy (non-hydrogen) atoms. The van der Waals surface area contributed by atoms with Crippen molar-refractivity contribution in [3.8, 4) is 11.5 Å². The minimum atomic E-state index is -0.373. The molecule has 1 saturated heterocycles. The molecule has 1 fully saturated rings. The first-order valence-electron chi connectivity index (χ1n) is 9.77. The maximum Gasteiger partial charge on any atom is 0.200 e. The highest BCUT2D eigenvalue weighted by Gasteiger charge is 2.51. The lowest BCUT2D eigenvalue weighted by Gasteiger charge is -2.50. The zero-order valence-corrected chi connectivity index (χ0v) is 17.8. The van der Waals surface area contributed by atoms with Crippen molar-refractivity contribution in [2.75, 3.05) is 27.2 Å². The van der Waals surface area contributed by atoms with Crippen molar-refractivity contribution in [3.05, 3.63) is 58.1 Å². The highest BCUT2D eigenvalue weighted by molar-refractivity contribution is 9.10. The summed E-state index contributed by atoms with van der Waals surface area (Å²) in [6.07, 6.45) is 2.74. The minimum absolute atomic E-state index is 0.185. The summed E-state index contributed by atoms with van der Waals surface area (Å²) in [5.74, 6) is 1.86. The first kappa shape index (κ1) is 18.0. The molecular weight excluding hydrogens is 418 g/mol. The summed E-state index contributed by atoms with van der Waals surface area (Å²) in [7, 11) is 3.89.